The molecule has 4 heteroatoms. The zero-order valence-electron chi connectivity index (χ0n) is 9.39. The summed E-state index contributed by atoms with van der Waals surface area (Å²) < 4.78 is 1.93. The molecule has 0 spiro atoms. The number of halogens is 1. The summed E-state index contributed by atoms with van der Waals surface area (Å²) in [7, 11) is 1.98. The van der Waals surface area contributed by atoms with Crippen LogP contribution in [0.5, 0.6) is 0 Å². The van der Waals surface area contributed by atoms with E-state index in [4.69, 9.17) is 11.6 Å². The quantitative estimate of drug-likeness (QED) is 0.778. The van der Waals surface area contributed by atoms with Crippen molar-refractivity contribution in [1.29, 1.82) is 0 Å². The summed E-state index contributed by atoms with van der Waals surface area (Å²) >= 11 is 5.92. The number of alkyl halides is 1. The maximum Gasteiger partial charge on any atom is 0.0597 e. The molecule has 0 atom stereocenters. The highest BCUT2D eigenvalue weighted by Gasteiger charge is 2.41. The summed E-state index contributed by atoms with van der Waals surface area (Å²) in [5.41, 5.74) is 2.71. The summed E-state index contributed by atoms with van der Waals surface area (Å²) in [4.78, 5) is 0. The molecule has 1 saturated carbocycles. The van der Waals surface area contributed by atoms with Crippen LogP contribution in [0.15, 0.2) is 6.07 Å². The minimum Gasteiger partial charge on any atom is -0.311 e. The van der Waals surface area contributed by atoms with Crippen LogP contribution in [0.4, 0.5) is 0 Å². The van der Waals surface area contributed by atoms with E-state index >= 15 is 0 Å². The van der Waals surface area contributed by atoms with Gasteiger partial charge in [-0.25, -0.2) is 0 Å². The molecule has 1 N–H and O–H groups in total. The van der Waals surface area contributed by atoms with E-state index in [0.29, 0.717) is 5.41 Å². The Balaban J connectivity index is 1.81. The second-order valence-electron chi connectivity index (χ2n) is 4.64. The van der Waals surface area contributed by atoms with Crippen molar-refractivity contribution in [3.8, 4) is 0 Å². The van der Waals surface area contributed by atoms with E-state index in [1.54, 1.807) is 0 Å². The highest BCUT2D eigenvalue weighted by molar-refractivity contribution is 6.18. The van der Waals surface area contributed by atoms with Crippen LogP contribution < -0.4 is 5.32 Å². The lowest BCUT2D eigenvalue weighted by atomic mass is 10.1. The minimum atomic E-state index is 0.398. The van der Waals surface area contributed by atoms with Crippen molar-refractivity contribution < 1.29 is 0 Å². The molecular formula is C11H18ClN3. The van der Waals surface area contributed by atoms with Crippen LogP contribution in [0.2, 0.25) is 0 Å². The van der Waals surface area contributed by atoms with Crippen LogP contribution in [0.25, 0.3) is 0 Å². The molecule has 1 aliphatic carbocycles. The third-order valence-electron chi connectivity index (χ3n) is 3.15. The Bertz CT molecular complexity index is 342. The fraction of sp³-hybridized carbons (Fsp3) is 0.727. The second kappa shape index (κ2) is 4.14. The molecule has 2 rings (SSSR count). The van der Waals surface area contributed by atoms with Crippen LogP contribution in [-0.2, 0) is 13.6 Å². The zero-order valence-corrected chi connectivity index (χ0v) is 10.1. The Morgan fingerprint density at radius 3 is 2.80 bits per heavy atom. The largest absolute Gasteiger partial charge is 0.311 e. The van der Waals surface area contributed by atoms with Crippen molar-refractivity contribution in [3.63, 3.8) is 0 Å². The van der Waals surface area contributed by atoms with Gasteiger partial charge in [-0.15, -0.1) is 11.6 Å². The van der Waals surface area contributed by atoms with Gasteiger partial charge in [-0.1, -0.05) is 0 Å². The van der Waals surface area contributed by atoms with Crippen LogP contribution in [0.3, 0.4) is 0 Å². The molecule has 0 aliphatic heterocycles. The number of nitrogens with one attached hydrogen (secondary N) is 1. The first-order chi connectivity index (χ1) is 7.15. The van der Waals surface area contributed by atoms with E-state index in [0.717, 1.165) is 24.7 Å². The van der Waals surface area contributed by atoms with Gasteiger partial charge in [0, 0.05) is 26.0 Å². The minimum absolute atomic E-state index is 0.398. The van der Waals surface area contributed by atoms with Gasteiger partial charge in [0.15, 0.2) is 0 Å². The molecule has 84 valence electrons. The summed E-state index contributed by atoms with van der Waals surface area (Å²) in [6.07, 6.45) is 2.54. The predicted octanol–water partition coefficient (Wildman–Crippen LogP) is 1.84. The molecule has 0 saturated heterocycles. The lowest BCUT2D eigenvalue weighted by molar-refractivity contribution is 0.495. The molecule has 15 heavy (non-hydrogen) atoms. The molecular weight excluding hydrogens is 210 g/mol. The Hall–Kier alpha value is -0.540. The van der Waals surface area contributed by atoms with Gasteiger partial charge in [-0.2, -0.15) is 5.10 Å². The average Bonchev–Trinajstić information content (AvgIpc) is 2.90. The first kappa shape index (κ1) is 11.0. The summed E-state index contributed by atoms with van der Waals surface area (Å²) in [5, 5.41) is 7.78. The van der Waals surface area contributed by atoms with Crippen molar-refractivity contribution in [3.05, 3.63) is 17.5 Å². The van der Waals surface area contributed by atoms with Crippen molar-refractivity contribution in [2.45, 2.75) is 26.3 Å². The van der Waals surface area contributed by atoms with E-state index in [2.05, 4.69) is 16.5 Å². The molecule has 0 amide bonds. The third kappa shape index (κ3) is 2.52. The Labute approximate surface area is 95.8 Å². The number of aromatic nitrogens is 2. The third-order valence-corrected chi connectivity index (χ3v) is 3.71. The Morgan fingerprint density at radius 2 is 2.33 bits per heavy atom. The fourth-order valence-corrected chi connectivity index (χ4v) is 2.18. The molecule has 0 bridgehead atoms. The van der Waals surface area contributed by atoms with Gasteiger partial charge < -0.3 is 5.32 Å². The first-order valence-electron chi connectivity index (χ1n) is 5.41. The summed E-state index contributed by atoms with van der Waals surface area (Å²) in [5.74, 6) is 0.782. The number of hydrogen-bond donors (Lipinski definition) is 1. The van der Waals surface area contributed by atoms with Crippen LogP contribution >= 0.6 is 11.6 Å². The number of aryl methyl sites for hydroxylation is 2. The monoisotopic (exact) mass is 227 g/mol. The maximum atomic E-state index is 5.92. The number of hydrogen-bond acceptors (Lipinski definition) is 2. The number of rotatable bonds is 5. The van der Waals surface area contributed by atoms with Crippen LogP contribution in [0.1, 0.15) is 24.2 Å². The predicted molar refractivity (Wildman–Crippen MR) is 62.0 cm³/mol. The lowest BCUT2D eigenvalue weighted by Gasteiger charge is -2.12. The van der Waals surface area contributed by atoms with Crippen molar-refractivity contribution in [2.24, 2.45) is 12.5 Å². The fourth-order valence-electron chi connectivity index (χ4n) is 1.82. The van der Waals surface area contributed by atoms with Gasteiger partial charge in [0.25, 0.3) is 0 Å². The smallest absolute Gasteiger partial charge is 0.0597 e. The van der Waals surface area contributed by atoms with Crippen molar-refractivity contribution in [1.82, 2.24) is 15.1 Å². The average molecular weight is 228 g/mol. The van der Waals surface area contributed by atoms with Gasteiger partial charge >= 0.3 is 0 Å². The molecule has 1 aromatic rings. The van der Waals surface area contributed by atoms with E-state index in [-0.39, 0.29) is 0 Å². The summed E-state index contributed by atoms with van der Waals surface area (Å²) in [6, 6.07) is 2.12. The van der Waals surface area contributed by atoms with Crippen molar-refractivity contribution >= 4 is 11.6 Å². The van der Waals surface area contributed by atoms with E-state index < -0.39 is 0 Å². The molecule has 1 heterocycles. The van der Waals surface area contributed by atoms with Crippen LogP contribution in [-0.4, -0.2) is 22.2 Å². The molecule has 0 aromatic carbocycles. The SMILES string of the molecule is Cc1cc(CNCC2(CCl)CC2)n(C)n1. The normalized spacial score (nSPS) is 18.1. The Kier molecular flexibility index (Phi) is 3.03. The van der Waals surface area contributed by atoms with E-state index in [1.165, 1.54) is 18.5 Å². The molecule has 0 radical (unpaired) electrons. The van der Waals surface area contributed by atoms with Gasteiger partial charge in [-0.05, 0) is 31.2 Å². The highest BCUT2D eigenvalue weighted by Crippen LogP contribution is 2.45. The second-order valence-corrected chi connectivity index (χ2v) is 4.91. The van der Waals surface area contributed by atoms with Crippen LogP contribution in [0, 0.1) is 12.3 Å². The van der Waals surface area contributed by atoms with E-state index in [9.17, 15) is 0 Å². The number of nitrogens with zero attached hydrogens (tertiary/aromatic N) is 2. The van der Waals surface area contributed by atoms with Gasteiger partial charge in [-0.3, -0.25) is 4.68 Å². The first-order valence-corrected chi connectivity index (χ1v) is 5.95. The standard InChI is InChI=1S/C11H18ClN3/c1-9-5-10(15(2)14-9)6-13-8-11(7-12)3-4-11/h5,13H,3-4,6-8H2,1-2H3. The highest BCUT2D eigenvalue weighted by atomic mass is 35.5. The topological polar surface area (TPSA) is 29.9 Å². The molecule has 1 aliphatic rings. The Morgan fingerprint density at radius 1 is 1.60 bits per heavy atom. The maximum absolute atomic E-state index is 5.92. The van der Waals surface area contributed by atoms with E-state index in [1.807, 2.05) is 18.7 Å². The molecule has 1 aromatic heterocycles. The van der Waals surface area contributed by atoms with Gasteiger partial charge in [0.1, 0.15) is 0 Å². The molecule has 1 fully saturated rings. The van der Waals surface area contributed by atoms with Crippen molar-refractivity contribution in [2.75, 3.05) is 12.4 Å². The lowest BCUT2D eigenvalue weighted by Crippen LogP contribution is -2.25. The summed E-state index contributed by atoms with van der Waals surface area (Å²) in [6.45, 7) is 3.93. The zero-order chi connectivity index (χ0) is 10.9. The molecule has 3 nitrogen and oxygen atoms in total. The molecule has 0 unspecified atom stereocenters. The van der Waals surface area contributed by atoms with Gasteiger partial charge in [0.05, 0.1) is 11.4 Å². The van der Waals surface area contributed by atoms with Gasteiger partial charge in [0.2, 0.25) is 0 Å².